The zero-order valence-electron chi connectivity index (χ0n) is 13.7. The molecule has 0 amide bonds. The van der Waals surface area contributed by atoms with Crippen LogP contribution in [0.4, 0.5) is 10.1 Å². The Morgan fingerprint density at radius 1 is 1.04 bits per heavy atom. The third kappa shape index (κ3) is 2.99. The van der Waals surface area contributed by atoms with Gasteiger partial charge in [-0.1, -0.05) is 11.6 Å². The molecule has 1 N–H and O–H groups in total. The second kappa shape index (κ2) is 6.26. The van der Waals surface area contributed by atoms with E-state index in [4.69, 9.17) is 11.6 Å². The van der Waals surface area contributed by atoms with Crippen molar-refractivity contribution in [2.45, 2.75) is 4.90 Å². The van der Waals surface area contributed by atoms with Crippen molar-refractivity contribution < 1.29 is 12.8 Å². The smallest absolute Gasteiger partial charge is 0.296 e. The molecule has 26 heavy (non-hydrogen) atoms. The molecule has 10 heteroatoms. The van der Waals surface area contributed by atoms with Gasteiger partial charge in [0.2, 0.25) is 0 Å². The SMILES string of the molecule is Cn1c(=O)c2cc(S(=O)(=O)Nc3ccc(F)c(Cl)c3)ccc2n(C)c1=O. The van der Waals surface area contributed by atoms with Crippen LogP contribution in [0.3, 0.4) is 0 Å². The van der Waals surface area contributed by atoms with Crippen LogP contribution in [0.2, 0.25) is 5.02 Å². The number of aromatic nitrogens is 2. The van der Waals surface area contributed by atoms with Crippen molar-refractivity contribution in [1.29, 1.82) is 0 Å². The summed E-state index contributed by atoms with van der Waals surface area (Å²) < 4.78 is 42.8. The van der Waals surface area contributed by atoms with Gasteiger partial charge in [0.15, 0.2) is 0 Å². The molecule has 0 aliphatic heterocycles. The van der Waals surface area contributed by atoms with E-state index < -0.39 is 27.1 Å². The van der Waals surface area contributed by atoms with E-state index in [1.165, 1.54) is 42.9 Å². The topological polar surface area (TPSA) is 90.2 Å². The second-order valence-electron chi connectivity index (χ2n) is 5.62. The van der Waals surface area contributed by atoms with Gasteiger partial charge < -0.3 is 0 Å². The summed E-state index contributed by atoms with van der Waals surface area (Å²) in [7, 11) is -1.26. The van der Waals surface area contributed by atoms with Crippen LogP contribution in [-0.2, 0) is 24.1 Å². The Labute approximate surface area is 152 Å². The van der Waals surface area contributed by atoms with Crippen LogP contribution in [0.15, 0.2) is 50.9 Å². The van der Waals surface area contributed by atoms with Crippen molar-refractivity contribution >= 4 is 38.2 Å². The summed E-state index contributed by atoms with van der Waals surface area (Å²) in [4.78, 5) is 24.1. The van der Waals surface area contributed by atoms with Crippen LogP contribution in [0.5, 0.6) is 0 Å². The van der Waals surface area contributed by atoms with Crippen molar-refractivity contribution in [3.63, 3.8) is 0 Å². The minimum Gasteiger partial charge on any atom is -0.296 e. The van der Waals surface area contributed by atoms with E-state index in [-0.39, 0.29) is 21.0 Å². The number of anilines is 1. The number of halogens is 2. The average molecular weight is 398 g/mol. The number of benzene rings is 2. The number of hydrogen-bond acceptors (Lipinski definition) is 4. The van der Waals surface area contributed by atoms with Gasteiger partial charge >= 0.3 is 5.69 Å². The molecule has 0 atom stereocenters. The maximum atomic E-state index is 13.2. The maximum absolute atomic E-state index is 13.2. The molecule has 0 radical (unpaired) electrons. The lowest BCUT2D eigenvalue weighted by Crippen LogP contribution is -2.37. The highest BCUT2D eigenvalue weighted by molar-refractivity contribution is 7.92. The van der Waals surface area contributed by atoms with Gasteiger partial charge in [-0.05, 0) is 36.4 Å². The third-order valence-corrected chi connectivity index (χ3v) is 5.59. The van der Waals surface area contributed by atoms with Gasteiger partial charge in [-0.15, -0.1) is 0 Å². The van der Waals surface area contributed by atoms with Crippen LogP contribution in [0.1, 0.15) is 0 Å². The molecule has 0 aliphatic rings. The number of aryl methyl sites for hydroxylation is 1. The van der Waals surface area contributed by atoms with E-state index in [1.807, 2.05) is 0 Å². The fraction of sp³-hybridized carbons (Fsp3) is 0.125. The van der Waals surface area contributed by atoms with Crippen LogP contribution >= 0.6 is 11.6 Å². The van der Waals surface area contributed by atoms with Crippen LogP contribution < -0.4 is 16.0 Å². The van der Waals surface area contributed by atoms with E-state index in [1.54, 1.807) is 0 Å². The van der Waals surface area contributed by atoms with E-state index in [2.05, 4.69) is 4.72 Å². The average Bonchev–Trinajstić information content (AvgIpc) is 2.60. The predicted octanol–water partition coefficient (Wildman–Crippen LogP) is 1.83. The Bertz CT molecular complexity index is 1260. The largest absolute Gasteiger partial charge is 0.330 e. The second-order valence-corrected chi connectivity index (χ2v) is 7.71. The highest BCUT2D eigenvalue weighted by atomic mass is 35.5. The van der Waals surface area contributed by atoms with E-state index >= 15 is 0 Å². The molecular weight excluding hydrogens is 385 g/mol. The van der Waals surface area contributed by atoms with Crippen molar-refractivity contribution in [1.82, 2.24) is 9.13 Å². The number of fused-ring (bicyclic) bond motifs is 1. The molecule has 0 saturated carbocycles. The molecule has 7 nitrogen and oxygen atoms in total. The summed E-state index contributed by atoms with van der Waals surface area (Å²) in [6, 6.07) is 7.23. The summed E-state index contributed by atoms with van der Waals surface area (Å²) in [6.07, 6.45) is 0. The molecule has 0 spiro atoms. The molecule has 1 aromatic heterocycles. The third-order valence-electron chi connectivity index (χ3n) is 3.92. The Balaban J connectivity index is 2.13. The number of rotatable bonds is 3. The number of nitrogens with one attached hydrogen (secondary N) is 1. The number of nitrogens with zero attached hydrogens (tertiary/aromatic N) is 2. The van der Waals surface area contributed by atoms with E-state index in [9.17, 15) is 22.4 Å². The highest BCUT2D eigenvalue weighted by Crippen LogP contribution is 2.23. The Morgan fingerprint density at radius 3 is 2.38 bits per heavy atom. The first kappa shape index (κ1) is 18.2. The standard InChI is InChI=1S/C16H13ClFN3O4S/c1-20-14-6-4-10(8-11(14)15(22)21(2)16(20)23)26(24,25)19-9-3-5-13(18)12(17)7-9/h3-8,19H,1-2H3. The predicted molar refractivity (Wildman–Crippen MR) is 96.6 cm³/mol. The molecule has 3 rings (SSSR count). The molecule has 0 saturated heterocycles. The molecule has 1 heterocycles. The van der Waals surface area contributed by atoms with Crippen molar-refractivity contribution in [3.8, 4) is 0 Å². The van der Waals surface area contributed by atoms with Gasteiger partial charge in [0, 0.05) is 14.1 Å². The Kier molecular flexibility index (Phi) is 4.37. The van der Waals surface area contributed by atoms with Gasteiger partial charge in [-0.25, -0.2) is 17.6 Å². The quantitative estimate of drug-likeness (QED) is 0.730. The molecular formula is C16H13ClFN3O4S. The molecule has 0 bridgehead atoms. The fourth-order valence-corrected chi connectivity index (χ4v) is 3.77. The summed E-state index contributed by atoms with van der Waals surface area (Å²) >= 11 is 5.65. The van der Waals surface area contributed by atoms with Crippen molar-refractivity contribution in [3.05, 3.63) is 68.1 Å². The maximum Gasteiger partial charge on any atom is 0.330 e. The monoisotopic (exact) mass is 397 g/mol. The summed E-state index contributed by atoms with van der Waals surface area (Å²) in [5.74, 6) is -0.676. The first-order valence-electron chi connectivity index (χ1n) is 7.29. The normalized spacial score (nSPS) is 11.7. The van der Waals surface area contributed by atoms with Crippen LogP contribution in [-0.4, -0.2) is 17.6 Å². The van der Waals surface area contributed by atoms with Gasteiger partial charge in [0.05, 0.1) is 26.5 Å². The van der Waals surface area contributed by atoms with Gasteiger partial charge in [0.25, 0.3) is 15.6 Å². The lowest BCUT2D eigenvalue weighted by molar-refractivity contribution is 0.601. The Morgan fingerprint density at radius 2 is 1.73 bits per heavy atom. The van der Waals surface area contributed by atoms with E-state index in [0.717, 1.165) is 16.7 Å². The molecule has 0 fully saturated rings. The molecule has 2 aromatic carbocycles. The lowest BCUT2D eigenvalue weighted by Gasteiger charge is -2.11. The van der Waals surface area contributed by atoms with Crippen molar-refractivity contribution in [2.24, 2.45) is 14.1 Å². The molecule has 3 aromatic rings. The minimum absolute atomic E-state index is 0.0739. The molecule has 0 unspecified atom stereocenters. The number of hydrogen-bond donors (Lipinski definition) is 1. The van der Waals surface area contributed by atoms with Gasteiger partial charge in [-0.2, -0.15) is 0 Å². The van der Waals surface area contributed by atoms with Gasteiger partial charge in [-0.3, -0.25) is 18.7 Å². The zero-order chi connectivity index (χ0) is 19.2. The van der Waals surface area contributed by atoms with Crippen LogP contribution in [0, 0.1) is 5.82 Å². The van der Waals surface area contributed by atoms with E-state index in [0.29, 0.717) is 5.52 Å². The van der Waals surface area contributed by atoms with Crippen LogP contribution in [0.25, 0.3) is 10.9 Å². The highest BCUT2D eigenvalue weighted by Gasteiger charge is 2.18. The summed E-state index contributed by atoms with van der Waals surface area (Å²) in [5.41, 5.74) is -0.742. The number of sulfonamides is 1. The first-order chi connectivity index (χ1) is 12.1. The lowest BCUT2D eigenvalue weighted by atomic mass is 10.2. The Hall–Kier alpha value is -2.65. The fourth-order valence-electron chi connectivity index (χ4n) is 2.52. The minimum atomic E-state index is -4.05. The van der Waals surface area contributed by atoms with Crippen molar-refractivity contribution in [2.75, 3.05) is 4.72 Å². The van der Waals surface area contributed by atoms with Gasteiger partial charge in [0.1, 0.15) is 5.82 Å². The summed E-state index contributed by atoms with van der Waals surface area (Å²) in [6.45, 7) is 0. The zero-order valence-corrected chi connectivity index (χ0v) is 15.2. The molecule has 136 valence electrons. The first-order valence-corrected chi connectivity index (χ1v) is 9.15. The molecule has 0 aliphatic carbocycles. The summed E-state index contributed by atoms with van der Waals surface area (Å²) in [5, 5.41) is -0.151.